The number of anilines is 1. The van der Waals surface area contributed by atoms with Crippen molar-refractivity contribution in [2.75, 3.05) is 4.72 Å². The first-order valence-electron chi connectivity index (χ1n) is 5.83. The van der Waals surface area contributed by atoms with Gasteiger partial charge in [-0.1, -0.05) is 15.9 Å². The molecule has 0 aliphatic carbocycles. The Kier molecular flexibility index (Phi) is 4.40. The SMILES string of the molecule is Cc1cc(Br)cc(C)c1NS(=O)(=O)c1ccc(C(=O)O)s1. The molecule has 1 aromatic carbocycles. The highest BCUT2D eigenvalue weighted by molar-refractivity contribution is 9.10. The highest BCUT2D eigenvalue weighted by Gasteiger charge is 2.20. The Labute approximate surface area is 134 Å². The van der Waals surface area contributed by atoms with Gasteiger partial charge in [-0.25, -0.2) is 13.2 Å². The maximum absolute atomic E-state index is 12.3. The minimum Gasteiger partial charge on any atom is -0.477 e. The van der Waals surface area contributed by atoms with Crippen LogP contribution in [0.5, 0.6) is 0 Å². The molecule has 8 heteroatoms. The number of hydrogen-bond donors (Lipinski definition) is 2. The molecular weight excluding hydrogens is 378 g/mol. The zero-order chi connectivity index (χ0) is 15.8. The summed E-state index contributed by atoms with van der Waals surface area (Å²) in [5, 5.41) is 8.86. The summed E-state index contributed by atoms with van der Waals surface area (Å²) in [5.74, 6) is -1.14. The number of aryl methyl sites for hydroxylation is 2. The second-order valence-corrected chi connectivity index (χ2v) is 8.35. The van der Waals surface area contributed by atoms with Crippen molar-refractivity contribution in [2.24, 2.45) is 0 Å². The molecule has 0 atom stereocenters. The van der Waals surface area contributed by atoms with Crippen LogP contribution in [0.2, 0.25) is 0 Å². The lowest BCUT2D eigenvalue weighted by Gasteiger charge is -2.13. The second kappa shape index (κ2) is 5.78. The molecule has 0 amide bonds. The van der Waals surface area contributed by atoms with Gasteiger partial charge < -0.3 is 5.11 Å². The Balaban J connectivity index is 2.40. The van der Waals surface area contributed by atoms with Crippen LogP contribution in [-0.4, -0.2) is 19.5 Å². The molecule has 2 aromatic rings. The van der Waals surface area contributed by atoms with Crippen LogP contribution in [0.25, 0.3) is 0 Å². The number of rotatable bonds is 4. The first-order chi connectivity index (χ1) is 9.70. The van der Waals surface area contributed by atoms with Crippen LogP contribution < -0.4 is 4.72 Å². The zero-order valence-electron chi connectivity index (χ0n) is 11.2. The Morgan fingerprint density at radius 1 is 1.24 bits per heavy atom. The van der Waals surface area contributed by atoms with E-state index in [1.54, 1.807) is 13.8 Å². The van der Waals surface area contributed by atoms with Crippen molar-refractivity contribution in [3.8, 4) is 0 Å². The average molecular weight is 390 g/mol. The van der Waals surface area contributed by atoms with E-state index >= 15 is 0 Å². The lowest BCUT2D eigenvalue weighted by atomic mass is 10.1. The van der Waals surface area contributed by atoms with Crippen LogP contribution in [0.3, 0.4) is 0 Å². The summed E-state index contributed by atoms with van der Waals surface area (Å²) in [5.41, 5.74) is 2.06. The van der Waals surface area contributed by atoms with Gasteiger partial charge in [0.05, 0.1) is 5.69 Å². The molecule has 0 saturated heterocycles. The number of carboxylic acid groups (broad SMARTS) is 1. The number of hydrogen-bond acceptors (Lipinski definition) is 4. The molecule has 21 heavy (non-hydrogen) atoms. The number of sulfonamides is 1. The normalized spacial score (nSPS) is 11.4. The van der Waals surface area contributed by atoms with E-state index in [4.69, 9.17) is 5.11 Å². The monoisotopic (exact) mass is 389 g/mol. The third-order valence-corrected chi connectivity index (χ3v) is 6.16. The van der Waals surface area contributed by atoms with Crippen molar-refractivity contribution in [1.29, 1.82) is 0 Å². The van der Waals surface area contributed by atoms with E-state index in [1.165, 1.54) is 12.1 Å². The van der Waals surface area contributed by atoms with Crippen LogP contribution in [0.1, 0.15) is 20.8 Å². The van der Waals surface area contributed by atoms with Crippen LogP contribution >= 0.6 is 27.3 Å². The van der Waals surface area contributed by atoms with Crippen molar-refractivity contribution in [1.82, 2.24) is 0 Å². The minimum absolute atomic E-state index is 0.0142. The quantitative estimate of drug-likeness (QED) is 0.835. The molecule has 0 aliphatic rings. The number of aromatic carboxylic acids is 1. The van der Waals surface area contributed by atoms with Gasteiger partial charge in [-0.2, -0.15) is 0 Å². The van der Waals surface area contributed by atoms with Gasteiger partial charge in [0.1, 0.15) is 9.09 Å². The number of halogens is 1. The van der Waals surface area contributed by atoms with E-state index in [9.17, 15) is 13.2 Å². The van der Waals surface area contributed by atoms with Gasteiger partial charge in [0, 0.05) is 4.47 Å². The Bertz CT molecular complexity index is 788. The maximum Gasteiger partial charge on any atom is 0.345 e. The van der Waals surface area contributed by atoms with Gasteiger partial charge in [-0.05, 0) is 49.2 Å². The molecule has 2 rings (SSSR count). The highest BCUT2D eigenvalue weighted by atomic mass is 79.9. The van der Waals surface area contributed by atoms with Gasteiger partial charge in [-0.15, -0.1) is 11.3 Å². The summed E-state index contributed by atoms with van der Waals surface area (Å²) in [6, 6.07) is 6.19. The Hall–Kier alpha value is -1.38. The van der Waals surface area contributed by atoms with Crippen molar-refractivity contribution >= 4 is 48.9 Å². The summed E-state index contributed by atoms with van der Waals surface area (Å²) in [6.07, 6.45) is 0. The molecule has 112 valence electrons. The lowest BCUT2D eigenvalue weighted by Crippen LogP contribution is -2.13. The van der Waals surface area contributed by atoms with Crippen LogP contribution in [0.15, 0.2) is 32.9 Å². The highest BCUT2D eigenvalue weighted by Crippen LogP contribution is 2.29. The standard InChI is InChI=1S/C13H12BrNO4S2/c1-7-5-9(14)6-8(2)12(7)15-21(18,19)11-4-3-10(20-11)13(16)17/h3-6,15H,1-2H3,(H,16,17). The molecule has 0 bridgehead atoms. The number of carboxylic acids is 1. The number of thiophene rings is 1. The second-order valence-electron chi connectivity index (χ2n) is 4.44. The van der Waals surface area contributed by atoms with Crippen LogP contribution in [-0.2, 0) is 10.0 Å². The zero-order valence-corrected chi connectivity index (χ0v) is 14.4. The van der Waals surface area contributed by atoms with Crippen LogP contribution in [0, 0.1) is 13.8 Å². The van der Waals surface area contributed by atoms with Crippen molar-refractivity contribution in [3.05, 3.63) is 44.7 Å². The number of benzene rings is 1. The maximum atomic E-state index is 12.3. The average Bonchev–Trinajstić information content (AvgIpc) is 2.84. The summed E-state index contributed by atoms with van der Waals surface area (Å²) < 4.78 is 28.0. The number of nitrogens with one attached hydrogen (secondary N) is 1. The molecule has 0 saturated carbocycles. The van der Waals surface area contributed by atoms with Crippen molar-refractivity contribution < 1.29 is 18.3 Å². The molecule has 1 aromatic heterocycles. The molecular formula is C13H12BrNO4S2. The predicted octanol–water partition coefficient (Wildman–Crippen LogP) is 3.63. The molecule has 1 heterocycles. The van der Waals surface area contributed by atoms with E-state index in [2.05, 4.69) is 20.7 Å². The summed E-state index contributed by atoms with van der Waals surface area (Å²) in [7, 11) is -3.79. The van der Waals surface area contributed by atoms with Crippen molar-refractivity contribution in [3.63, 3.8) is 0 Å². The summed E-state index contributed by atoms with van der Waals surface area (Å²) in [6.45, 7) is 3.60. The van der Waals surface area contributed by atoms with Crippen molar-refractivity contribution in [2.45, 2.75) is 18.1 Å². The lowest BCUT2D eigenvalue weighted by molar-refractivity contribution is 0.0702. The van der Waals surface area contributed by atoms with E-state index < -0.39 is 16.0 Å². The van der Waals surface area contributed by atoms with E-state index in [0.29, 0.717) is 5.69 Å². The summed E-state index contributed by atoms with van der Waals surface area (Å²) in [4.78, 5) is 10.8. The van der Waals surface area contributed by atoms with E-state index in [0.717, 1.165) is 26.9 Å². The molecule has 0 unspecified atom stereocenters. The molecule has 2 N–H and O–H groups in total. The minimum atomic E-state index is -3.79. The molecule has 5 nitrogen and oxygen atoms in total. The van der Waals surface area contributed by atoms with E-state index in [1.807, 2.05) is 12.1 Å². The molecule has 0 fully saturated rings. The fraction of sp³-hybridized carbons (Fsp3) is 0.154. The van der Waals surface area contributed by atoms with Gasteiger partial charge in [0.15, 0.2) is 0 Å². The first-order valence-corrected chi connectivity index (χ1v) is 8.92. The molecule has 0 spiro atoms. The smallest absolute Gasteiger partial charge is 0.345 e. The van der Waals surface area contributed by atoms with Gasteiger partial charge >= 0.3 is 5.97 Å². The van der Waals surface area contributed by atoms with Gasteiger partial charge in [0.25, 0.3) is 10.0 Å². The third-order valence-electron chi connectivity index (χ3n) is 2.79. The molecule has 0 aliphatic heterocycles. The largest absolute Gasteiger partial charge is 0.477 e. The summed E-state index contributed by atoms with van der Waals surface area (Å²) >= 11 is 4.07. The number of carbonyl (C=O) groups is 1. The van der Waals surface area contributed by atoms with E-state index in [-0.39, 0.29) is 9.09 Å². The Morgan fingerprint density at radius 2 is 1.81 bits per heavy atom. The topological polar surface area (TPSA) is 83.5 Å². The fourth-order valence-electron chi connectivity index (χ4n) is 1.84. The first kappa shape index (κ1) is 16.0. The fourth-order valence-corrected chi connectivity index (χ4v) is 4.87. The molecule has 0 radical (unpaired) electrons. The Morgan fingerprint density at radius 3 is 2.29 bits per heavy atom. The van der Waals surface area contributed by atoms with Gasteiger partial charge in [0.2, 0.25) is 0 Å². The predicted molar refractivity (Wildman–Crippen MR) is 85.7 cm³/mol. The van der Waals surface area contributed by atoms with Gasteiger partial charge in [-0.3, -0.25) is 4.72 Å². The third kappa shape index (κ3) is 3.45. The van der Waals surface area contributed by atoms with Crippen LogP contribution in [0.4, 0.5) is 5.69 Å².